The van der Waals surface area contributed by atoms with Crippen molar-refractivity contribution >= 4 is 51.4 Å². The fourth-order valence-electron chi connectivity index (χ4n) is 2.19. The minimum Gasteiger partial charge on any atom is -0.306 e. The van der Waals surface area contributed by atoms with Crippen LogP contribution in [0.3, 0.4) is 0 Å². The highest BCUT2D eigenvalue weighted by Crippen LogP contribution is 2.29. The third-order valence-electron chi connectivity index (χ3n) is 3.51. The fourth-order valence-corrected chi connectivity index (χ4v) is 3.46. The third kappa shape index (κ3) is 4.48. The molecule has 2 amide bonds. The van der Waals surface area contributed by atoms with Gasteiger partial charge in [0.05, 0.1) is 10.7 Å². The van der Waals surface area contributed by atoms with Crippen molar-refractivity contribution in [3.63, 3.8) is 0 Å². The fraction of sp³-hybridized carbons (Fsp3) is 0.118. The van der Waals surface area contributed by atoms with E-state index >= 15 is 0 Å². The van der Waals surface area contributed by atoms with Crippen LogP contribution in [0.2, 0.25) is 10.0 Å². The van der Waals surface area contributed by atoms with Crippen LogP contribution in [-0.2, 0) is 0 Å². The van der Waals surface area contributed by atoms with Crippen LogP contribution in [0, 0.1) is 0 Å². The quantitative estimate of drug-likeness (QED) is 0.603. The number of nitrogens with zero attached hydrogens (tertiary/aromatic N) is 2. The van der Waals surface area contributed by atoms with Crippen LogP contribution in [0.5, 0.6) is 0 Å². The summed E-state index contributed by atoms with van der Waals surface area (Å²) in [5, 5.41) is 15.6. The number of anilines is 2. The van der Waals surface area contributed by atoms with E-state index in [9.17, 15) is 4.79 Å². The Morgan fingerprint density at radius 2 is 1.84 bits per heavy atom. The number of nitrogens with one attached hydrogen (secondary N) is 2. The molecule has 0 aliphatic heterocycles. The second-order valence-corrected chi connectivity index (χ2v) is 7.13. The van der Waals surface area contributed by atoms with Gasteiger partial charge in [-0.1, -0.05) is 71.8 Å². The van der Waals surface area contributed by atoms with E-state index in [0.29, 0.717) is 20.9 Å². The molecular weight excluding hydrogens is 379 g/mol. The molecule has 3 rings (SSSR count). The van der Waals surface area contributed by atoms with Gasteiger partial charge in [-0.2, -0.15) is 0 Å². The first-order chi connectivity index (χ1) is 12.0. The summed E-state index contributed by atoms with van der Waals surface area (Å²) in [6, 6.07) is 14.4. The summed E-state index contributed by atoms with van der Waals surface area (Å²) in [7, 11) is 0. The van der Waals surface area contributed by atoms with Gasteiger partial charge >= 0.3 is 6.03 Å². The molecule has 0 aliphatic rings. The largest absolute Gasteiger partial charge is 0.325 e. The van der Waals surface area contributed by atoms with Crippen LogP contribution in [0.1, 0.15) is 23.4 Å². The van der Waals surface area contributed by atoms with E-state index in [1.54, 1.807) is 18.2 Å². The third-order valence-corrected chi connectivity index (χ3v) is 5.08. The number of rotatable bonds is 4. The lowest BCUT2D eigenvalue weighted by Gasteiger charge is -2.07. The molecule has 128 valence electrons. The lowest BCUT2D eigenvalue weighted by Crippen LogP contribution is -2.19. The van der Waals surface area contributed by atoms with Gasteiger partial charge in [0.15, 0.2) is 0 Å². The predicted molar refractivity (Wildman–Crippen MR) is 103 cm³/mol. The number of carbonyl (C=O) groups excluding carboxylic acids is 1. The minimum absolute atomic E-state index is 0.100. The normalized spacial score (nSPS) is 11.8. The van der Waals surface area contributed by atoms with Crippen LogP contribution in [0.4, 0.5) is 15.6 Å². The Kier molecular flexibility index (Phi) is 5.53. The number of urea groups is 1. The Morgan fingerprint density at radius 1 is 1.08 bits per heavy atom. The number of benzene rings is 2. The molecule has 0 bridgehead atoms. The van der Waals surface area contributed by atoms with Crippen LogP contribution in [0.15, 0.2) is 48.5 Å². The topological polar surface area (TPSA) is 66.9 Å². The average Bonchev–Trinajstić information content (AvgIpc) is 3.06. The molecule has 25 heavy (non-hydrogen) atoms. The van der Waals surface area contributed by atoms with Gasteiger partial charge in [0.25, 0.3) is 0 Å². The first-order valence-corrected chi connectivity index (χ1v) is 9.01. The summed E-state index contributed by atoms with van der Waals surface area (Å²) in [4.78, 5) is 12.1. The molecule has 5 nitrogen and oxygen atoms in total. The van der Waals surface area contributed by atoms with Crippen LogP contribution < -0.4 is 10.6 Å². The van der Waals surface area contributed by atoms with Crippen molar-refractivity contribution in [2.45, 2.75) is 12.8 Å². The van der Waals surface area contributed by atoms with Gasteiger partial charge in [-0.05, 0) is 23.8 Å². The molecule has 0 saturated carbocycles. The Bertz CT molecular complexity index is 885. The monoisotopic (exact) mass is 392 g/mol. The van der Waals surface area contributed by atoms with Gasteiger partial charge in [-0.15, -0.1) is 10.2 Å². The summed E-state index contributed by atoms with van der Waals surface area (Å²) < 4.78 is 0. The molecule has 0 spiro atoms. The van der Waals surface area contributed by atoms with Crippen molar-refractivity contribution in [3.8, 4) is 0 Å². The number of halogens is 2. The summed E-state index contributed by atoms with van der Waals surface area (Å²) in [5.74, 6) is 0.100. The number of hydrogen-bond acceptors (Lipinski definition) is 4. The number of carbonyl (C=O) groups is 1. The minimum atomic E-state index is -0.445. The molecular formula is C17H14Cl2N4OS. The second-order valence-electron chi connectivity index (χ2n) is 5.28. The maximum absolute atomic E-state index is 12.1. The van der Waals surface area contributed by atoms with E-state index in [1.807, 2.05) is 37.3 Å². The zero-order chi connectivity index (χ0) is 17.8. The maximum Gasteiger partial charge on any atom is 0.325 e. The standard InChI is InChI=1S/C17H14Cl2N4OS/c1-10(11-5-3-2-4-6-11)15-22-23-17(25-15)21-16(24)20-14-8-7-12(18)9-13(14)19/h2-10H,1H3,(H2,20,21,23,24)/t10-/m1/s1. The van der Waals surface area contributed by atoms with Gasteiger partial charge < -0.3 is 5.32 Å². The van der Waals surface area contributed by atoms with Crippen LogP contribution in [0.25, 0.3) is 0 Å². The van der Waals surface area contributed by atoms with Crippen molar-refractivity contribution in [2.24, 2.45) is 0 Å². The molecule has 8 heteroatoms. The maximum atomic E-state index is 12.1. The van der Waals surface area contributed by atoms with Crippen LogP contribution >= 0.6 is 34.5 Å². The van der Waals surface area contributed by atoms with E-state index in [0.717, 1.165) is 10.6 Å². The molecule has 2 aromatic carbocycles. The molecule has 1 heterocycles. The second kappa shape index (κ2) is 7.82. The first-order valence-electron chi connectivity index (χ1n) is 7.44. The van der Waals surface area contributed by atoms with Crippen molar-refractivity contribution in [3.05, 3.63) is 69.1 Å². The molecule has 0 aliphatic carbocycles. The number of amides is 2. The van der Waals surface area contributed by atoms with Gasteiger partial charge in [-0.25, -0.2) is 4.79 Å². The smallest absolute Gasteiger partial charge is 0.306 e. The van der Waals surface area contributed by atoms with Crippen molar-refractivity contribution in [2.75, 3.05) is 10.6 Å². The molecule has 0 saturated heterocycles. The number of aromatic nitrogens is 2. The van der Waals surface area contributed by atoms with Crippen molar-refractivity contribution in [1.82, 2.24) is 10.2 Å². The molecule has 0 radical (unpaired) electrons. The van der Waals surface area contributed by atoms with E-state index in [1.165, 1.54) is 11.3 Å². The lowest BCUT2D eigenvalue weighted by molar-refractivity contribution is 0.262. The van der Waals surface area contributed by atoms with Gasteiger partial charge in [0, 0.05) is 10.9 Å². The van der Waals surface area contributed by atoms with Crippen LogP contribution in [-0.4, -0.2) is 16.2 Å². The van der Waals surface area contributed by atoms with Gasteiger partial charge in [0.2, 0.25) is 5.13 Å². The van der Waals surface area contributed by atoms with E-state index in [4.69, 9.17) is 23.2 Å². The van der Waals surface area contributed by atoms with E-state index < -0.39 is 6.03 Å². The highest BCUT2D eigenvalue weighted by molar-refractivity contribution is 7.15. The Labute approximate surface area is 159 Å². The Morgan fingerprint density at radius 3 is 2.56 bits per heavy atom. The van der Waals surface area contributed by atoms with Crippen molar-refractivity contribution in [1.29, 1.82) is 0 Å². The van der Waals surface area contributed by atoms with Gasteiger partial charge in [0.1, 0.15) is 5.01 Å². The summed E-state index contributed by atoms with van der Waals surface area (Å²) in [5.41, 5.74) is 1.61. The molecule has 3 aromatic rings. The summed E-state index contributed by atoms with van der Waals surface area (Å²) in [6.07, 6.45) is 0. The van der Waals surface area contributed by atoms with E-state index in [-0.39, 0.29) is 5.92 Å². The summed E-state index contributed by atoms with van der Waals surface area (Å²) in [6.45, 7) is 2.05. The molecule has 1 atom stereocenters. The molecule has 2 N–H and O–H groups in total. The average molecular weight is 393 g/mol. The van der Waals surface area contributed by atoms with E-state index in [2.05, 4.69) is 20.8 Å². The highest BCUT2D eigenvalue weighted by atomic mass is 35.5. The zero-order valence-corrected chi connectivity index (χ0v) is 15.5. The Hall–Kier alpha value is -2.15. The molecule has 0 fully saturated rings. The molecule has 1 aromatic heterocycles. The summed E-state index contributed by atoms with van der Waals surface area (Å²) >= 11 is 13.2. The zero-order valence-electron chi connectivity index (χ0n) is 13.2. The predicted octanol–water partition coefficient (Wildman–Crippen LogP) is 5.64. The SMILES string of the molecule is C[C@H](c1ccccc1)c1nnc(NC(=O)Nc2ccc(Cl)cc2Cl)s1. The molecule has 0 unspecified atom stereocenters. The Balaban J connectivity index is 1.66. The van der Waals surface area contributed by atoms with Crippen molar-refractivity contribution < 1.29 is 4.79 Å². The highest BCUT2D eigenvalue weighted by Gasteiger charge is 2.15. The lowest BCUT2D eigenvalue weighted by atomic mass is 10.0. The first kappa shape index (κ1) is 17.7. The number of hydrogen-bond donors (Lipinski definition) is 2. The van der Waals surface area contributed by atoms with Gasteiger partial charge in [-0.3, -0.25) is 5.32 Å².